The lowest BCUT2D eigenvalue weighted by molar-refractivity contribution is -0.135. The van der Waals surface area contributed by atoms with Gasteiger partial charge in [-0.1, -0.05) is 0 Å². The van der Waals surface area contributed by atoms with Crippen molar-refractivity contribution in [1.82, 2.24) is 15.6 Å². The predicted octanol–water partition coefficient (Wildman–Crippen LogP) is 3.73. The molecule has 2 aliphatic heterocycles. The van der Waals surface area contributed by atoms with Crippen LogP contribution in [-0.4, -0.2) is 46.6 Å². The molecule has 1 aromatic heterocycles. The average molecular weight is 485 g/mol. The molecule has 9 heteroatoms. The van der Waals surface area contributed by atoms with E-state index < -0.39 is 17.2 Å². The first-order chi connectivity index (χ1) is 16.7. The van der Waals surface area contributed by atoms with Gasteiger partial charge in [0.15, 0.2) is 17.2 Å². The standard InChI is InChI=1S/C26H30F2N4O3/c1-26(2,35-22-9-4-16(27)11-21(22)28)25(34)31-18-12-19-7-8-20(13-18)32(19)23-10-3-15(14-29-23)24(33)30-17-5-6-17/h3-4,9-11,14,17-20H,5-8,12-13H2,1-2H3,(H,30,33)(H,31,34). The zero-order valence-electron chi connectivity index (χ0n) is 19.9. The minimum Gasteiger partial charge on any atom is -0.475 e. The van der Waals surface area contributed by atoms with Crippen molar-refractivity contribution in [3.05, 3.63) is 53.7 Å². The summed E-state index contributed by atoms with van der Waals surface area (Å²) in [6.07, 6.45) is 7.24. The number of aromatic nitrogens is 1. The summed E-state index contributed by atoms with van der Waals surface area (Å²) in [5.74, 6) is -1.29. The second-order valence-corrected chi connectivity index (χ2v) is 10.3. The minimum absolute atomic E-state index is 0.0409. The van der Waals surface area contributed by atoms with Crippen LogP contribution in [0.3, 0.4) is 0 Å². The van der Waals surface area contributed by atoms with Gasteiger partial charge >= 0.3 is 0 Å². The molecule has 7 nitrogen and oxygen atoms in total. The lowest BCUT2D eigenvalue weighted by atomic mass is 9.96. The minimum atomic E-state index is -1.33. The van der Waals surface area contributed by atoms with Crippen LogP contribution in [0.25, 0.3) is 0 Å². The summed E-state index contributed by atoms with van der Waals surface area (Å²) in [4.78, 5) is 32.1. The summed E-state index contributed by atoms with van der Waals surface area (Å²) in [5.41, 5.74) is -0.761. The van der Waals surface area contributed by atoms with Gasteiger partial charge < -0.3 is 20.3 Å². The number of carbonyl (C=O) groups excluding carboxylic acids is 2. The van der Waals surface area contributed by atoms with Gasteiger partial charge in [0.1, 0.15) is 11.6 Å². The first-order valence-corrected chi connectivity index (χ1v) is 12.2. The number of rotatable bonds is 7. The molecule has 2 saturated heterocycles. The maximum Gasteiger partial charge on any atom is 0.263 e. The molecule has 5 rings (SSSR count). The van der Waals surface area contributed by atoms with Gasteiger partial charge in [-0.05, 0) is 76.6 Å². The highest BCUT2D eigenvalue weighted by atomic mass is 19.1. The third kappa shape index (κ3) is 5.09. The largest absolute Gasteiger partial charge is 0.475 e. The van der Waals surface area contributed by atoms with E-state index in [1.54, 1.807) is 20.0 Å². The number of nitrogens with zero attached hydrogens (tertiary/aromatic N) is 2. The molecule has 2 amide bonds. The van der Waals surface area contributed by atoms with Crippen LogP contribution in [0.5, 0.6) is 5.75 Å². The van der Waals surface area contributed by atoms with Crippen molar-refractivity contribution < 1.29 is 23.1 Å². The molecule has 1 saturated carbocycles. The number of pyridine rings is 1. The Bertz CT molecular complexity index is 1110. The van der Waals surface area contributed by atoms with Crippen LogP contribution < -0.4 is 20.3 Å². The Morgan fingerprint density at radius 3 is 2.31 bits per heavy atom. The first kappa shape index (κ1) is 23.5. The number of fused-ring (bicyclic) bond motifs is 2. The van der Waals surface area contributed by atoms with Gasteiger partial charge in [0, 0.05) is 36.4 Å². The van der Waals surface area contributed by atoms with Crippen LogP contribution in [-0.2, 0) is 4.79 Å². The molecular weight excluding hydrogens is 454 g/mol. The molecule has 2 N–H and O–H groups in total. The molecule has 2 bridgehead atoms. The maximum atomic E-state index is 14.0. The van der Waals surface area contributed by atoms with E-state index in [9.17, 15) is 18.4 Å². The molecule has 2 atom stereocenters. The summed E-state index contributed by atoms with van der Waals surface area (Å²) >= 11 is 0. The Balaban J connectivity index is 1.20. The Morgan fingerprint density at radius 1 is 1.00 bits per heavy atom. The Labute approximate surface area is 203 Å². The van der Waals surface area contributed by atoms with Gasteiger partial charge in [0.2, 0.25) is 0 Å². The van der Waals surface area contributed by atoms with E-state index in [0.717, 1.165) is 56.5 Å². The van der Waals surface area contributed by atoms with Crippen molar-refractivity contribution in [3.63, 3.8) is 0 Å². The fraction of sp³-hybridized carbons (Fsp3) is 0.500. The number of hydrogen-bond donors (Lipinski definition) is 2. The SMILES string of the molecule is CC(C)(Oc1ccc(F)cc1F)C(=O)NC1CC2CCC(C1)N2c1ccc(C(=O)NC2CC2)cn1. The average Bonchev–Trinajstić information content (AvgIpc) is 3.58. The normalized spacial score (nSPS) is 23.7. The van der Waals surface area contributed by atoms with Gasteiger partial charge in [-0.15, -0.1) is 0 Å². The van der Waals surface area contributed by atoms with Gasteiger partial charge in [-0.2, -0.15) is 0 Å². The van der Waals surface area contributed by atoms with E-state index in [2.05, 4.69) is 20.5 Å². The predicted molar refractivity (Wildman–Crippen MR) is 126 cm³/mol. The molecule has 1 aromatic carbocycles. The molecule has 35 heavy (non-hydrogen) atoms. The number of anilines is 1. The summed E-state index contributed by atoms with van der Waals surface area (Å²) < 4.78 is 32.8. The molecule has 3 heterocycles. The zero-order valence-corrected chi connectivity index (χ0v) is 19.9. The zero-order chi connectivity index (χ0) is 24.7. The number of benzene rings is 1. The molecule has 2 unspecified atom stereocenters. The summed E-state index contributed by atoms with van der Waals surface area (Å²) in [6, 6.07) is 7.47. The molecule has 2 aromatic rings. The molecule has 186 valence electrons. The van der Waals surface area contributed by atoms with Crippen molar-refractivity contribution in [2.75, 3.05) is 4.90 Å². The molecule has 0 spiro atoms. The van der Waals surface area contributed by atoms with Crippen LogP contribution in [0.2, 0.25) is 0 Å². The van der Waals surface area contributed by atoms with Crippen molar-refractivity contribution >= 4 is 17.6 Å². The smallest absolute Gasteiger partial charge is 0.263 e. The highest BCUT2D eigenvalue weighted by Crippen LogP contribution is 2.39. The molecule has 1 aliphatic carbocycles. The van der Waals surface area contributed by atoms with E-state index in [1.165, 1.54) is 6.07 Å². The lowest BCUT2D eigenvalue weighted by Gasteiger charge is -2.40. The fourth-order valence-electron chi connectivity index (χ4n) is 5.08. The molecule has 0 radical (unpaired) electrons. The van der Waals surface area contributed by atoms with Gasteiger partial charge in [0.05, 0.1) is 5.56 Å². The number of amides is 2. The summed E-state index contributed by atoms with van der Waals surface area (Å²) in [6.45, 7) is 3.14. The number of hydrogen-bond acceptors (Lipinski definition) is 5. The second kappa shape index (κ2) is 9.09. The third-order valence-electron chi connectivity index (χ3n) is 7.06. The van der Waals surface area contributed by atoms with E-state index in [-0.39, 0.29) is 35.7 Å². The summed E-state index contributed by atoms with van der Waals surface area (Å²) in [5, 5.41) is 6.05. The van der Waals surface area contributed by atoms with Crippen LogP contribution in [0, 0.1) is 11.6 Å². The quantitative estimate of drug-likeness (QED) is 0.626. The van der Waals surface area contributed by atoms with Crippen molar-refractivity contribution in [1.29, 1.82) is 0 Å². The van der Waals surface area contributed by atoms with Gasteiger partial charge in [0.25, 0.3) is 11.8 Å². The number of nitrogens with one attached hydrogen (secondary N) is 2. The molecule has 3 aliphatic rings. The first-order valence-electron chi connectivity index (χ1n) is 12.2. The number of carbonyl (C=O) groups is 2. The number of piperidine rings is 1. The van der Waals surface area contributed by atoms with E-state index >= 15 is 0 Å². The monoisotopic (exact) mass is 484 g/mol. The molecule has 3 fully saturated rings. The topological polar surface area (TPSA) is 83.6 Å². The Morgan fingerprint density at radius 2 is 1.71 bits per heavy atom. The fourth-order valence-corrected chi connectivity index (χ4v) is 5.08. The number of halogens is 2. The van der Waals surface area contributed by atoms with E-state index in [4.69, 9.17) is 4.74 Å². The second-order valence-electron chi connectivity index (χ2n) is 10.3. The Hall–Kier alpha value is -3.23. The Kier molecular flexibility index (Phi) is 6.11. The van der Waals surface area contributed by atoms with Crippen molar-refractivity contribution in [2.24, 2.45) is 0 Å². The molecular formula is C26H30F2N4O3. The highest BCUT2D eigenvalue weighted by molar-refractivity contribution is 5.94. The van der Waals surface area contributed by atoms with Crippen LogP contribution in [0.1, 0.15) is 62.7 Å². The van der Waals surface area contributed by atoms with Gasteiger partial charge in [-0.25, -0.2) is 13.8 Å². The third-order valence-corrected chi connectivity index (χ3v) is 7.06. The van der Waals surface area contributed by atoms with Crippen LogP contribution in [0.4, 0.5) is 14.6 Å². The summed E-state index contributed by atoms with van der Waals surface area (Å²) in [7, 11) is 0. The van der Waals surface area contributed by atoms with Crippen LogP contribution >= 0.6 is 0 Å². The maximum absolute atomic E-state index is 14.0. The van der Waals surface area contributed by atoms with Crippen LogP contribution in [0.15, 0.2) is 36.5 Å². The van der Waals surface area contributed by atoms with Crippen molar-refractivity contribution in [2.45, 2.75) is 82.1 Å². The highest BCUT2D eigenvalue weighted by Gasteiger charge is 2.43. The van der Waals surface area contributed by atoms with E-state index in [0.29, 0.717) is 11.6 Å². The van der Waals surface area contributed by atoms with Gasteiger partial charge in [-0.3, -0.25) is 9.59 Å². The van der Waals surface area contributed by atoms with Crippen molar-refractivity contribution in [3.8, 4) is 5.75 Å². The number of ether oxygens (including phenoxy) is 1. The van der Waals surface area contributed by atoms with E-state index in [1.807, 2.05) is 12.1 Å². The lowest BCUT2D eigenvalue weighted by Crippen LogP contribution is -2.55.